The fourth-order valence-corrected chi connectivity index (χ4v) is 3.97. The highest BCUT2D eigenvalue weighted by Gasteiger charge is 2.59. The Hall–Kier alpha value is -1.89. The molecular formula is C19H32N4O3. The fraction of sp³-hybridized carbons (Fsp3) is 0.737. The number of urea groups is 1. The number of nitrogens with zero attached hydrogens (tertiary/aromatic N) is 2. The molecule has 146 valence electrons. The van der Waals surface area contributed by atoms with Gasteiger partial charge < -0.3 is 15.0 Å². The van der Waals surface area contributed by atoms with Gasteiger partial charge in [0.25, 0.3) is 5.56 Å². The van der Waals surface area contributed by atoms with E-state index in [-0.39, 0.29) is 35.2 Å². The molecule has 1 heterocycles. The zero-order valence-corrected chi connectivity index (χ0v) is 17.0. The minimum Gasteiger partial charge on any atom is -0.378 e. The summed E-state index contributed by atoms with van der Waals surface area (Å²) in [7, 11) is 3.51. The number of rotatable bonds is 6. The first-order chi connectivity index (χ1) is 12.1. The molecule has 1 saturated carbocycles. The summed E-state index contributed by atoms with van der Waals surface area (Å²) in [5.41, 5.74) is 1.77. The molecule has 7 nitrogen and oxygen atoms in total. The summed E-state index contributed by atoms with van der Waals surface area (Å²) in [6.07, 6.45) is 2.24. The zero-order valence-electron chi connectivity index (χ0n) is 17.0. The molecule has 1 aliphatic rings. The normalized spacial score (nSPS) is 24.0. The highest BCUT2D eigenvalue weighted by molar-refractivity contribution is 5.74. The van der Waals surface area contributed by atoms with Crippen LogP contribution in [0, 0.1) is 5.41 Å². The molecule has 7 heteroatoms. The zero-order chi connectivity index (χ0) is 19.7. The van der Waals surface area contributed by atoms with Crippen LogP contribution < -0.4 is 10.9 Å². The van der Waals surface area contributed by atoms with E-state index in [0.29, 0.717) is 12.0 Å². The van der Waals surface area contributed by atoms with E-state index in [4.69, 9.17) is 4.74 Å². The molecule has 1 aromatic rings. The van der Waals surface area contributed by atoms with E-state index in [1.807, 2.05) is 13.8 Å². The van der Waals surface area contributed by atoms with Gasteiger partial charge in [-0.3, -0.25) is 4.79 Å². The van der Waals surface area contributed by atoms with Crippen molar-refractivity contribution in [2.75, 3.05) is 14.2 Å². The Balaban J connectivity index is 2.10. The number of hydrogen-bond acceptors (Lipinski definition) is 4. The van der Waals surface area contributed by atoms with E-state index in [1.54, 1.807) is 19.1 Å². The van der Waals surface area contributed by atoms with Crippen molar-refractivity contribution < 1.29 is 9.53 Å². The summed E-state index contributed by atoms with van der Waals surface area (Å²) in [5, 5.41) is 9.54. The van der Waals surface area contributed by atoms with Gasteiger partial charge in [0.15, 0.2) is 0 Å². The van der Waals surface area contributed by atoms with Crippen molar-refractivity contribution in [3.63, 3.8) is 0 Å². The summed E-state index contributed by atoms with van der Waals surface area (Å²) < 4.78 is 5.64. The van der Waals surface area contributed by atoms with Crippen molar-refractivity contribution in [2.45, 2.75) is 72.1 Å². The first kappa shape index (κ1) is 20.4. The third kappa shape index (κ3) is 3.24. The number of ether oxygens (including phenoxy) is 1. The second-order valence-electron chi connectivity index (χ2n) is 7.81. The first-order valence-corrected chi connectivity index (χ1v) is 9.28. The lowest BCUT2D eigenvalue weighted by atomic mass is 9.55. The molecule has 2 rings (SSSR count). The highest BCUT2D eigenvalue weighted by Crippen LogP contribution is 2.53. The van der Waals surface area contributed by atoms with E-state index in [9.17, 15) is 9.59 Å². The Bertz CT molecular complexity index is 728. The van der Waals surface area contributed by atoms with Crippen LogP contribution in [-0.2, 0) is 24.1 Å². The molecule has 0 bridgehead atoms. The molecule has 1 aromatic heterocycles. The van der Waals surface area contributed by atoms with Gasteiger partial charge in [-0.15, -0.1) is 0 Å². The van der Waals surface area contributed by atoms with Gasteiger partial charge in [-0.2, -0.15) is 5.10 Å². The molecule has 0 spiro atoms. The van der Waals surface area contributed by atoms with Gasteiger partial charge >= 0.3 is 6.03 Å². The summed E-state index contributed by atoms with van der Waals surface area (Å²) in [6.45, 7) is 10.5. The highest BCUT2D eigenvalue weighted by atomic mass is 16.5. The van der Waals surface area contributed by atoms with Crippen LogP contribution in [-0.4, -0.2) is 46.9 Å². The molecule has 0 saturated heterocycles. The Labute approximate surface area is 155 Å². The average molecular weight is 364 g/mol. The van der Waals surface area contributed by atoms with Crippen LogP contribution in [0.25, 0.3) is 0 Å². The Morgan fingerprint density at radius 3 is 2.46 bits per heavy atom. The second-order valence-corrected chi connectivity index (χ2v) is 7.81. The Kier molecular flexibility index (Phi) is 5.80. The van der Waals surface area contributed by atoms with Gasteiger partial charge in [0, 0.05) is 31.2 Å². The maximum Gasteiger partial charge on any atom is 0.317 e. The number of carbonyl (C=O) groups is 1. The van der Waals surface area contributed by atoms with Crippen LogP contribution >= 0.6 is 0 Å². The number of aromatic amines is 1. The SMILES string of the molecule is CCc1n[nH]c(=O)c(CNC(=O)N(C)C2CC(C)(OC)C2(C)C)c1CC. The molecule has 2 unspecified atom stereocenters. The molecule has 1 aliphatic carbocycles. The minimum atomic E-state index is -0.238. The molecule has 0 aliphatic heterocycles. The van der Waals surface area contributed by atoms with E-state index in [2.05, 4.69) is 36.3 Å². The van der Waals surface area contributed by atoms with Crippen molar-refractivity contribution in [1.82, 2.24) is 20.4 Å². The average Bonchev–Trinajstić information content (AvgIpc) is 2.63. The van der Waals surface area contributed by atoms with Crippen molar-refractivity contribution in [3.8, 4) is 0 Å². The molecule has 0 radical (unpaired) electrons. The number of aryl methyl sites for hydroxylation is 1. The molecule has 2 N–H and O–H groups in total. The van der Waals surface area contributed by atoms with Crippen LogP contribution in [0.4, 0.5) is 4.79 Å². The fourth-order valence-electron chi connectivity index (χ4n) is 3.97. The largest absolute Gasteiger partial charge is 0.378 e. The lowest BCUT2D eigenvalue weighted by Gasteiger charge is -2.61. The standard InChI is InChI=1S/C19H32N4O3/c1-8-12-13(16(24)22-21-14(12)9-2)11-20-17(25)23(6)15-10-19(5,26-7)18(15,3)4/h15H,8-11H2,1-7H3,(H,20,25)(H,22,24). The number of methoxy groups -OCH3 is 1. The smallest absolute Gasteiger partial charge is 0.317 e. The lowest BCUT2D eigenvalue weighted by molar-refractivity contribution is -0.198. The molecule has 1 fully saturated rings. The van der Waals surface area contributed by atoms with Gasteiger partial charge in [0.05, 0.1) is 17.8 Å². The van der Waals surface area contributed by atoms with Crippen LogP contribution in [0.3, 0.4) is 0 Å². The van der Waals surface area contributed by atoms with Gasteiger partial charge in [0.2, 0.25) is 0 Å². The van der Waals surface area contributed by atoms with Gasteiger partial charge in [-0.1, -0.05) is 27.7 Å². The second kappa shape index (κ2) is 7.39. The van der Waals surface area contributed by atoms with E-state index >= 15 is 0 Å². The van der Waals surface area contributed by atoms with Crippen LogP contribution in [0.2, 0.25) is 0 Å². The minimum absolute atomic E-state index is 0.0834. The predicted octanol–water partition coefficient (Wildman–Crippen LogP) is 2.24. The summed E-state index contributed by atoms with van der Waals surface area (Å²) in [5.74, 6) is 0. The molecular weight excluding hydrogens is 332 g/mol. The maximum atomic E-state index is 12.6. The number of carbonyl (C=O) groups excluding carboxylic acids is 1. The van der Waals surface area contributed by atoms with Crippen molar-refractivity contribution in [3.05, 3.63) is 27.2 Å². The van der Waals surface area contributed by atoms with E-state index in [0.717, 1.165) is 24.1 Å². The Morgan fingerprint density at radius 2 is 1.96 bits per heavy atom. The van der Waals surface area contributed by atoms with Crippen LogP contribution in [0.15, 0.2) is 4.79 Å². The third-order valence-electron chi connectivity index (χ3n) is 6.40. The van der Waals surface area contributed by atoms with Gasteiger partial charge in [0.1, 0.15) is 0 Å². The summed E-state index contributed by atoms with van der Waals surface area (Å²) >= 11 is 0. The van der Waals surface area contributed by atoms with Crippen LogP contribution in [0.5, 0.6) is 0 Å². The van der Waals surface area contributed by atoms with Gasteiger partial charge in [-0.05, 0) is 31.7 Å². The summed E-state index contributed by atoms with van der Waals surface area (Å²) in [6, 6.07) is -0.0995. The number of aromatic nitrogens is 2. The number of hydrogen-bond donors (Lipinski definition) is 2. The third-order valence-corrected chi connectivity index (χ3v) is 6.40. The van der Waals surface area contributed by atoms with Crippen molar-refractivity contribution >= 4 is 6.03 Å². The van der Waals surface area contributed by atoms with E-state index in [1.165, 1.54) is 0 Å². The molecule has 2 atom stereocenters. The monoisotopic (exact) mass is 364 g/mol. The predicted molar refractivity (Wildman–Crippen MR) is 101 cm³/mol. The lowest BCUT2D eigenvalue weighted by Crippen LogP contribution is -2.69. The molecule has 0 aromatic carbocycles. The maximum absolute atomic E-state index is 12.6. The topological polar surface area (TPSA) is 87.3 Å². The quantitative estimate of drug-likeness (QED) is 0.810. The number of nitrogens with one attached hydrogen (secondary N) is 2. The Morgan fingerprint density at radius 1 is 1.31 bits per heavy atom. The van der Waals surface area contributed by atoms with Crippen molar-refractivity contribution in [1.29, 1.82) is 0 Å². The number of amides is 2. The van der Waals surface area contributed by atoms with Gasteiger partial charge in [-0.25, -0.2) is 9.89 Å². The molecule has 2 amide bonds. The van der Waals surface area contributed by atoms with Crippen LogP contribution in [0.1, 0.15) is 57.9 Å². The van der Waals surface area contributed by atoms with E-state index < -0.39 is 0 Å². The molecule has 26 heavy (non-hydrogen) atoms. The first-order valence-electron chi connectivity index (χ1n) is 9.28. The summed E-state index contributed by atoms with van der Waals surface area (Å²) in [4.78, 5) is 26.6. The van der Waals surface area contributed by atoms with Crippen molar-refractivity contribution in [2.24, 2.45) is 5.41 Å². The number of H-pyrrole nitrogens is 1.